The standard InChI is InChI=1S/C29H36N2O3Si/c1-19(2)31-26(18-25(30-31)28(32)33)27-23-16-20(17-24(23)27)34-35(29(3,4)5,21-12-8-6-9-13-21)22-14-10-7-11-15-22/h6-15,18-20,23-24,27H,16-17H2,1-5H3,(H,32,33). The van der Waals surface area contributed by atoms with Crippen LogP contribution in [0.3, 0.4) is 0 Å². The van der Waals surface area contributed by atoms with Crippen molar-refractivity contribution in [3.8, 4) is 0 Å². The van der Waals surface area contributed by atoms with Gasteiger partial charge in [-0.1, -0.05) is 81.4 Å². The third kappa shape index (κ3) is 4.06. The Bertz CT molecular complexity index is 1150. The molecule has 184 valence electrons. The number of fused-ring (bicyclic) bond motifs is 1. The average Bonchev–Trinajstić information content (AvgIpc) is 3.16. The van der Waals surface area contributed by atoms with Gasteiger partial charge in [0, 0.05) is 23.8 Å². The molecule has 2 aliphatic carbocycles. The highest BCUT2D eigenvalue weighted by Gasteiger charge is 2.61. The van der Waals surface area contributed by atoms with Gasteiger partial charge in [0.2, 0.25) is 0 Å². The molecule has 0 spiro atoms. The Morgan fingerprint density at radius 2 is 1.51 bits per heavy atom. The van der Waals surface area contributed by atoms with Gasteiger partial charge in [0.25, 0.3) is 8.32 Å². The summed E-state index contributed by atoms with van der Waals surface area (Å²) >= 11 is 0. The number of aromatic carboxylic acids is 1. The van der Waals surface area contributed by atoms with Crippen molar-refractivity contribution in [2.75, 3.05) is 0 Å². The maximum absolute atomic E-state index is 11.6. The monoisotopic (exact) mass is 488 g/mol. The van der Waals surface area contributed by atoms with E-state index in [1.165, 1.54) is 10.4 Å². The number of aromatic nitrogens is 2. The van der Waals surface area contributed by atoms with Crippen LogP contribution in [0.4, 0.5) is 0 Å². The highest BCUT2D eigenvalue weighted by molar-refractivity contribution is 6.99. The Balaban J connectivity index is 1.43. The lowest BCUT2D eigenvalue weighted by Crippen LogP contribution is -2.67. The highest BCUT2D eigenvalue weighted by Crippen LogP contribution is 2.64. The Morgan fingerprint density at radius 1 is 1.00 bits per heavy atom. The molecule has 2 unspecified atom stereocenters. The largest absolute Gasteiger partial charge is 0.476 e. The molecule has 1 heterocycles. The lowest BCUT2D eigenvalue weighted by Gasteiger charge is -2.45. The van der Waals surface area contributed by atoms with Gasteiger partial charge in [0.15, 0.2) is 5.69 Å². The van der Waals surface area contributed by atoms with E-state index in [4.69, 9.17) is 4.43 Å². The number of carboxylic acid groups (broad SMARTS) is 1. The number of benzene rings is 2. The molecule has 0 aliphatic heterocycles. The maximum Gasteiger partial charge on any atom is 0.356 e. The summed E-state index contributed by atoms with van der Waals surface area (Å²) in [6.07, 6.45) is 2.25. The lowest BCUT2D eigenvalue weighted by molar-refractivity contribution is 0.0689. The second-order valence-corrected chi connectivity index (χ2v) is 15.8. The normalized spacial score (nSPS) is 23.9. The summed E-state index contributed by atoms with van der Waals surface area (Å²) in [6, 6.07) is 23.6. The van der Waals surface area contributed by atoms with E-state index in [2.05, 4.69) is 100 Å². The van der Waals surface area contributed by atoms with Crippen LogP contribution in [-0.4, -0.2) is 35.3 Å². The molecular weight excluding hydrogens is 452 g/mol. The molecule has 6 heteroatoms. The predicted octanol–water partition coefficient (Wildman–Crippen LogP) is 5.23. The zero-order valence-corrected chi connectivity index (χ0v) is 22.3. The number of nitrogens with zero attached hydrogens (tertiary/aromatic N) is 2. The maximum atomic E-state index is 11.6. The molecule has 2 aromatic carbocycles. The van der Waals surface area contributed by atoms with Crippen LogP contribution in [0.2, 0.25) is 5.04 Å². The van der Waals surface area contributed by atoms with E-state index in [0.29, 0.717) is 17.8 Å². The smallest absolute Gasteiger partial charge is 0.356 e. The number of rotatable bonds is 7. The van der Waals surface area contributed by atoms with Crippen molar-refractivity contribution in [3.63, 3.8) is 0 Å². The van der Waals surface area contributed by atoms with E-state index in [0.717, 1.165) is 18.5 Å². The van der Waals surface area contributed by atoms with E-state index < -0.39 is 14.3 Å². The highest BCUT2D eigenvalue weighted by atomic mass is 28.4. The molecule has 0 amide bonds. The SMILES string of the molecule is CC(C)n1nc(C(=O)O)cc1C1C2CC(O[Si](c3ccccc3)(c3ccccc3)C(C)(C)C)CC21. The second kappa shape index (κ2) is 8.75. The number of hydrogen-bond acceptors (Lipinski definition) is 3. The van der Waals surface area contributed by atoms with E-state index in [1.54, 1.807) is 6.07 Å². The van der Waals surface area contributed by atoms with Crippen LogP contribution in [-0.2, 0) is 4.43 Å². The van der Waals surface area contributed by atoms with E-state index in [-0.39, 0.29) is 22.9 Å². The minimum absolute atomic E-state index is 0.0332. The fourth-order valence-corrected chi connectivity index (χ4v) is 11.2. The van der Waals surface area contributed by atoms with Crippen molar-refractivity contribution >= 4 is 24.7 Å². The van der Waals surface area contributed by atoms with Crippen molar-refractivity contribution in [2.45, 2.75) is 70.6 Å². The van der Waals surface area contributed by atoms with Crippen LogP contribution in [0.1, 0.15) is 75.6 Å². The molecule has 35 heavy (non-hydrogen) atoms. The van der Waals surface area contributed by atoms with Crippen LogP contribution < -0.4 is 10.4 Å². The number of hydrogen-bond donors (Lipinski definition) is 1. The Labute approximate surface area is 209 Å². The summed E-state index contributed by atoms with van der Waals surface area (Å²) in [5.74, 6) is 0.504. The molecular formula is C29H36N2O3Si. The van der Waals surface area contributed by atoms with E-state index >= 15 is 0 Å². The first kappa shape index (κ1) is 24.0. The lowest BCUT2D eigenvalue weighted by atomic mass is 10.1. The van der Waals surface area contributed by atoms with Crippen LogP contribution in [0.15, 0.2) is 66.7 Å². The van der Waals surface area contributed by atoms with Gasteiger partial charge in [0.05, 0.1) is 0 Å². The van der Waals surface area contributed by atoms with Gasteiger partial charge in [0.1, 0.15) is 0 Å². The quantitative estimate of drug-likeness (QED) is 0.463. The molecule has 2 fully saturated rings. The van der Waals surface area contributed by atoms with Crippen molar-refractivity contribution in [2.24, 2.45) is 11.8 Å². The number of carbonyl (C=O) groups is 1. The van der Waals surface area contributed by atoms with Gasteiger partial charge < -0.3 is 9.53 Å². The van der Waals surface area contributed by atoms with Gasteiger partial charge in [-0.05, 0) is 60.0 Å². The Hall–Kier alpha value is -2.70. The minimum Gasteiger partial charge on any atom is -0.476 e. The number of carboxylic acids is 1. The third-order valence-corrected chi connectivity index (χ3v) is 13.1. The summed E-state index contributed by atoms with van der Waals surface area (Å²) < 4.78 is 9.29. The topological polar surface area (TPSA) is 64.4 Å². The van der Waals surface area contributed by atoms with Crippen molar-refractivity contribution in [3.05, 3.63) is 78.1 Å². The van der Waals surface area contributed by atoms with E-state index in [9.17, 15) is 9.90 Å². The molecule has 2 aliphatic rings. The fourth-order valence-electron chi connectivity index (χ4n) is 6.44. The molecule has 2 atom stereocenters. The molecule has 0 saturated heterocycles. The first-order chi connectivity index (χ1) is 16.6. The van der Waals surface area contributed by atoms with Crippen molar-refractivity contribution in [1.29, 1.82) is 0 Å². The summed E-state index contributed by atoms with van der Waals surface area (Å²) in [7, 11) is -2.56. The van der Waals surface area contributed by atoms with Gasteiger partial charge in [-0.3, -0.25) is 4.68 Å². The van der Waals surface area contributed by atoms with Crippen LogP contribution in [0.25, 0.3) is 0 Å². The van der Waals surface area contributed by atoms with Crippen molar-refractivity contribution < 1.29 is 14.3 Å². The van der Waals surface area contributed by atoms with Crippen LogP contribution >= 0.6 is 0 Å². The fraction of sp³-hybridized carbons (Fsp3) is 0.448. The van der Waals surface area contributed by atoms with E-state index in [1.807, 2.05) is 4.68 Å². The summed E-state index contributed by atoms with van der Waals surface area (Å²) in [4.78, 5) is 11.6. The van der Waals surface area contributed by atoms with Gasteiger partial charge in [-0.2, -0.15) is 5.10 Å². The molecule has 1 N–H and O–H groups in total. The van der Waals surface area contributed by atoms with Gasteiger partial charge in [-0.25, -0.2) is 4.79 Å². The summed E-state index contributed by atoms with van der Waals surface area (Å²) in [5, 5.41) is 16.5. The molecule has 2 saturated carbocycles. The molecule has 5 rings (SSSR count). The van der Waals surface area contributed by atoms with Gasteiger partial charge >= 0.3 is 5.97 Å². The Morgan fingerprint density at radius 3 is 1.94 bits per heavy atom. The molecule has 5 nitrogen and oxygen atoms in total. The predicted molar refractivity (Wildman–Crippen MR) is 141 cm³/mol. The molecule has 1 aromatic heterocycles. The van der Waals surface area contributed by atoms with Crippen LogP contribution in [0, 0.1) is 11.8 Å². The Kier molecular flexibility index (Phi) is 6.00. The first-order valence-corrected chi connectivity index (χ1v) is 14.7. The second-order valence-electron chi connectivity index (χ2n) is 11.5. The molecule has 0 bridgehead atoms. The zero-order chi connectivity index (χ0) is 25.0. The molecule has 0 radical (unpaired) electrons. The summed E-state index contributed by atoms with van der Waals surface area (Å²) in [5.41, 5.74) is 1.23. The summed E-state index contributed by atoms with van der Waals surface area (Å²) in [6.45, 7) is 11.1. The van der Waals surface area contributed by atoms with Crippen molar-refractivity contribution in [1.82, 2.24) is 9.78 Å². The minimum atomic E-state index is -2.56. The zero-order valence-electron chi connectivity index (χ0n) is 21.3. The van der Waals surface area contributed by atoms with Gasteiger partial charge in [-0.15, -0.1) is 0 Å². The first-order valence-electron chi connectivity index (χ1n) is 12.7. The third-order valence-electron chi connectivity index (χ3n) is 7.98. The molecule has 3 aromatic rings. The average molecular weight is 489 g/mol. The van der Waals surface area contributed by atoms with Crippen LogP contribution in [0.5, 0.6) is 0 Å².